The number of aliphatic hydroxyl groups excluding tert-OH is 2. The van der Waals surface area contributed by atoms with E-state index < -0.39 is 30.7 Å². The Morgan fingerprint density at radius 3 is 2.37 bits per heavy atom. The molecule has 1 aromatic rings. The van der Waals surface area contributed by atoms with E-state index in [1.807, 2.05) is 0 Å². The molecule has 3 atom stereocenters. The predicted octanol–water partition coefficient (Wildman–Crippen LogP) is 1.55. The van der Waals surface area contributed by atoms with Gasteiger partial charge in [0.2, 0.25) is 0 Å². The zero-order valence-electron chi connectivity index (χ0n) is 10.6. The molecule has 2 N–H and O–H groups in total. The van der Waals surface area contributed by atoms with Crippen LogP contribution in [0.2, 0.25) is 0 Å². The van der Waals surface area contributed by atoms with Crippen molar-refractivity contribution in [2.24, 2.45) is 5.92 Å². The fourth-order valence-electron chi connectivity index (χ4n) is 1.68. The van der Waals surface area contributed by atoms with E-state index in [1.165, 1.54) is 12.2 Å². The molecule has 0 saturated heterocycles. The molecular weight excluding hydrogens is 244 g/mol. The summed E-state index contributed by atoms with van der Waals surface area (Å²) in [7, 11) is 0. The maximum absolute atomic E-state index is 11.9. The highest BCUT2D eigenvalue weighted by molar-refractivity contribution is 5.89. The summed E-state index contributed by atoms with van der Waals surface area (Å²) in [6.45, 7) is 6.70. The van der Waals surface area contributed by atoms with Crippen LogP contribution in [0.25, 0.3) is 0 Å². The van der Waals surface area contributed by atoms with Crippen LogP contribution in [0.5, 0.6) is 0 Å². The standard InChI is InChI=1S/C15H18O4/c1-3-12(13(17)10-16)14(4-2)19-15(18)11-8-6-5-7-9-11/h3-9,12-14,16-17H,1-2,10H2/t12-,13+,14+/m0/s1. The molecule has 0 unspecified atom stereocenters. The lowest BCUT2D eigenvalue weighted by Gasteiger charge is -2.25. The van der Waals surface area contributed by atoms with Crippen LogP contribution in [0.15, 0.2) is 55.6 Å². The molecule has 0 saturated carbocycles. The van der Waals surface area contributed by atoms with E-state index in [1.54, 1.807) is 30.3 Å². The van der Waals surface area contributed by atoms with E-state index >= 15 is 0 Å². The van der Waals surface area contributed by atoms with Gasteiger partial charge in [0.15, 0.2) is 0 Å². The van der Waals surface area contributed by atoms with Crippen LogP contribution in [0, 0.1) is 5.92 Å². The summed E-state index contributed by atoms with van der Waals surface area (Å²) in [5.41, 5.74) is 0.413. The summed E-state index contributed by atoms with van der Waals surface area (Å²) in [6, 6.07) is 8.52. The molecule has 0 aliphatic heterocycles. The van der Waals surface area contributed by atoms with E-state index in [2.05, 4.69) is 13.2 Å². The average molecular weight is 262 g/mol. The molecule has 0 fully saturated rings. The molecule has 0 spiro atoms. The molecule has 4 nitrogen and oxygen atoms in total. The van der Waals surface area contributed by atoms with Crippen molar-refractivity contribution in [1.29, 1.82) is 0 Å². The first-order chi connectivity index (χ1) is 9.13. The number of carbonyl (C=O) groups is 1. The van der Waals surface area contributed by atoms with Gasteiger partial charge in [-0.1, -0.05) is 36.9 Å². The minimum Gasteiger partial charge on any atom is -0.454 e. The molecule has 0 aliphatic carbocycles. The Morgan fingerprint density at radius 1 is 1.26 bits per heavy atom. The number of esters is 1. The molecule has 0 bridgehead atoms. The summed E-state index contributed by atoms with van der Waals surface area (Å²) in [5, 5.41) is 18.6. The zero-order chi connectivity index (χ0) is 14.3. The maximum Gasteiger partial charge on any atom is 0.338 e. The fourth-order valence-corrected chi connectivity index (χ4v) is 1.68. The molecule has 0 radical (unpaired) electrons. The van der Waals surface area contributed by atoms with Crippen LogP contribution in [0.1, 0.15) is 10.4 Å². The fraction of sp³-hybridized carbons (Fsp3) is 0.267. The second kappa shape index (κ2) is 7.51. The predicted molar refractivity (Wildman–Crippen MR) is 72.6 cm³/mol. The Kier molecular flexibility index (Phi) is 5.99. The van der Waals surface area contributed by atoms with Crippen LogP contribution < -0.4 is 0 Å². The second-order valence-electron chi connectivity index (χ2n) is 4.03. The van der Waals surface area contributed by atoms with Gasteiger partial charge in [-0.3, -0.25) is 0 Å². The summed E-state index contributed by atoms with van der Waals surface area (Å²) in [5.74, 6) is -1.11. The molecule has 0 amide bonds. The van der Waals surface area contributed by atoms with E-state index in [-0.39, 0.29) is 0 Å². The number of ether oxygens (including phenoxy) is 1. The van der Waals surface area contributed by atoms with Gasteiger partial charge in [0, 0.05) is 5.92 Å². The number of benzene rings is 1. The van der Waals surface area contributed by atoms with Gasteiger partial charge in [-0.25, -0.2) is 4.79 Å². The summed E-state index contributed by atoms with van der Waals surface area (Å²) in [6.07, 6.45) is 1.05. The number of rotatable bonds is 7. The molecule has 0 aliphatic rings. The van der Waals surface area contributed by atoms with E-state index in [4.69, 9.17) is 9.84 Å². The van der Waals surface area contributed by atoms with Gasteiger partial charge in [0.05, 0.1) is 18.3 Å². The van der Waals surface area contributed by atoms with Crippen LogP contribution >= 0.6 is 0 Å². The Hall–Kier alpha value is -1.91. The Bertz CT molecular complexity index is 427. The third-order valence-electron chi connectivity index (χ3n) is 2.77. The lowest BCUT2D eigenvalue weighted by Crippen LogP contribution is -2.34. The van der Waals surface area contributed by atoms with Crippen molar-refractivity contribution in [2.75, 3.05) is 6.61 Å². The molecular formula is C15H18O4. The zero-order valence-corrected chi connectivity index (χ0v) is 10.6. The van der Waals surface area contributed by atoms with Gasteiger partial charge < -0.3 is 14.9 Å². The first kappa shape index (κ1) is 15.1. The first-order valence-corrected chi connectivity index (χ1v) is 5.94. The highest BCUT2D eigenvalue weighted by atomic mass is 16.5. The third kappa shape index (κ3) is 4.05. The first-order valence-electron chi connectivity index (χ1n) is 5.94. The smallest absolute Gasteiger partial charge is 0.338 e. The van der Waals surface area contributed by atoms with Gasteiger partial charge in [-0.05, 0) is 12.1 Å². The van der Waals surface area contributed by atoms with Crippen LogP contribution in [-0.4, -0.2) is 35.0 Å². The molecule has 1 rings (SSSR count). The molecule has 102 valence electrons. The topological polar surface area (TPSA) is 66.8 Å². The minimum absolute atomic E-state index is 0.413. The van der Waals surface area contributed by atoms with Gasteiger partial charge in [0.25, 0.3) is 0 Å². The number of carbonyl (C=O) groups excluding carboxylic acids is 1. The van der Waals surface area contributed by atoms with E-state index in [0.29, 0.717) is 5.56 Å². The monoisotopic (exact) mass is 262 g/mol. The molecule has 19 heavy (non-hydrogen) atoms. The SMILES string of the molecule is C=C[C@@H]([C@H](O)CO)[C@@H](C=C)OC(=O)c1ccccc1. The maximum atomic E-state index is 11.9. The quantitative estimate of drug-likeness (QED) is 0.578. The highest BCUT2D eigenvalue weighted by Crippen LogP contribution is 2.17. The third-order valence-corrected chi connectivity index (χ3v) is 2.77. The molecule has 0 heterocycles. The molecule has 0 aromatic heterocycles. The number of hydrogen-bond donors (Lipinski definition) is 2. The lowest BCUT2D eigenvalue weighted by atomic mass is 9.96. The van der Waals surface area contributed by atoms with Crippen molar-refractivity contribution in [1.82, 2.24) is 0 Å². The van der Waals surface area contributed by atoms with Crippen LogP contribution in [0.3, 0.4) is 0 Å². The van der Waals surface area contributed by atoms with Gasteiger partial charge in [-0.15, -0.1) is 6.58 Å². The summed E-state index contributed by atoms with van der Waals surface area (Å²) < 4.78 is 5.26. The largest absolute Gasteiger partial charge is 0.454 e. The van der Waals surface area contributed by atoms with E-state index in [9.17, 15) is 9.90 Å². The Labute approximate surface area is 112 Å². The number of aliphatic hydroxyl groups is 2. The minimum atomic E-state index is -1.05. The van der Waals surface area contributed by atoms with Crippen LogP contribution in [0.4, 0.5) is 0 Å². The average Bonchev–Trinajstić information content (AvgIpc) is 2.47. The molecule has 4 heteroatoms. The molecule has 1 aromatic carbocycles. The summed E-state index contributed by atoms with van der Waals surface area (Å²) in [4.78, 5) is 11.9. The second-order valence-corrected chi connectivity index (χ2v) is 4.03. The van der Waals surface area contributed by atoms with Crippen molar-refractivity contribution in [3.05, 3.63) is 61.2 Å². The van der Waals surface area contributed by atoms with E-state index in [0.717, 1.165) is 0 Å². The number of hydrogen-bond acceptors (Lipinski definition) is 4. The van der Waals surface area contributed by atoms with Gasteiger partial charge in [-0.2, -0.15) is 0 Å². The van der Waals surface area contributed by atoms with Gasteiger partial charge >= 0.3 is 5.97 Å². The van der Waals surface area contributed by atoms with Crippen molar-refractivity contribution < 1.29 is 19.7 Å². The Morgan fingerprint density at radius 2 is 1.89 bits per heavy atom. The Balaban J connectivity index is 2.79. The highest BCUT2D eigenvalue weighted by Gasteiger charge is 2.26. The van der Waals surface area contributed by atoms with Crippen molar-refractivity contribution in [3.8, 4) is 0 Å². The van der Waals surface area contributed by atoms with Crippen molar-refractivity contribution in [3.63, 3.8) is 0 Å². The lowest BCUT2D eigenvalue weighted by molar-refractivity contribution is -0.00421. The van der Waals surface area contributed by atoms with Crippen LogP contribution in [-0.2, 0) is 4.74 Å². The van der Waals surface area contributed by atoms with Crippen molar-refractivity contribution in [2.45, 2.75) is 12.2 Å². The summed E-state index contributed by atoms with van der Waals surface area (Å²) >= 11 is 0. The normalized spacial score (nSPS) is 15.1. The van der Waals surface area contributed by atoms with Crippen molar-refractivity contribution >= 4 is 5.97 Å². The van der Waals surface area contributed by atoms with Gasteiger partial charge in [0.1, 0.15) is 6.10 Å².